The molecule has 5 heteroatoms. The van der Waals surface area contributed by atoms with Gasteiger partial charge in [0.2, 0.25) is 0 Å². The summed E-state index contributed by atoms with van der Waals surface area (Å²) in [5.41, 5.74) is 6.55. The van der Waals surface area contributed by atoms with Crippen LogP contribution in [0.25, 0.3) is 0 Å². The van der Waals surface area contributed by atoms with Crippen molar-refractivity contribution in [2.75, 3.05) is 14.2 Å². The van der Waals surface area contributed by atoms with Crippen molar-refractivity contribution >= 4 is 0 Å². The average molecular weight is 198 g/mol. The minimum Gasteiger partial charge on any atom is -0.374 e. The van der Waals surface area contributed by atoms with Gasteiger partial charge in [-0.05, 0) is 6.07 Å². The third-order valence-corrected chi connectivity index (χ3v) is 1.82. The van der Waals surface area contributed by atoms with E-state index in [1.165, 1.54) is 20.4 Å². The third-order valence-electron chi connectivity index (χ3n) is 1.82. The normalized spacial score (nSPS) is 13.2. The predicted octanol–water partition coefficient (Wildman–Crippen LogP) is 0.323. The van der Waals surface area contributed by atoms with Crippen LogP contribution in [-0.4, -0.2) is 24.3 Å². The van der Waals surface area contributed by atoms with Crippen molar-refractivity contribution in [3.8, 4) is 0 Å². The maximum absolute atomic E-state index is 9.13. The second-order valence-corrected chi connectivity index (χ2v) is 2.80. The van der Waals surface area contributed by atoms with E-state index >= 15 is 0 Å². The Morgan fingerprint density at radius 1 is 1.29 bits per heavy atom. The van der Waals surface area contributed by atoms with Crippen LogP contribution < -0.4 is 5.73 Å². The van der Waals surface area contributed by atoms with Crippen LogP contribution in [0.4, 0.5) is 0 Å². The Kier molecular flexibility index (Phi) is 3.97. The molecule has 0 fully saturated rings. The fourth-order valence-corrected chi connectivity index (χ4v) is 1.14. The molecule has 0 spiro atoms. The van der Waals surface area contributed by atoms with Gasteiger partial charge < -0.3 is 20.3 Å². The zero-order valence-corrected chi connectivity index (χ0v) is 8.18. The van der Waals surface area contributed by atoms with Gasteiger partial charge in [0.15, 0.2) is 6.29 Å². The first kappa shape index (κ1) is 11.1. The van der Waals surface area contributed by atoms with E-state index < -0.39 is 12.5 Å². The zero-order chi connectivity index (χ0) is 10.6. The summed E-state index contributed by atoms with van der Waals surface area (Å²) in [4.78, 5) is 3.92. The lowest BCUT2D eigenvalue weighted by Gasteiger charge is -2.14. The van der Waals surface area contributed by atoms with Crippen LogP contribution >= 0.6 is 0 Å². The molecule has 0 aliphatic carbocycles. The van der Waals surface area contributed by atoms with Crippen LogP contribution in [0.5, 0.6) is 0 Å². The Hall–Kier alpha value is -1.01. The lowest BCUT2D eigenvalue weighted by Crippen LogP contribution is -2.11. The molecule has 1 aromatic rings. The van der Waals surface area contributed by atoms with E-state index in [4.69, 9.17) is 20.3 Å². The second-order valence-electron chi connectivity index (χ2n) is 2.80. The molecule has 5 nitrogen and oxygen atoms in total. The maximum Gasteiger partial charge on any atom is 0.184 e. The minimum atomic E-state index is -1.03. The SMILES string of the molecule is COC(OC)c1cncc(C(N)O)c1. The molecule has 0 saturated heterocycles. The summed E-state index contributed by atoms with van der Waals surface area (Å²) in [6.07, 6.45) is 1.58. The summed E-state index contributed by atoms with van der Waals surface area (Å²) < 4.78 is 10.1. The molecular formula is C9H14N2O3. The molecule has 0 amide bonds. The van der Waals surface area contributed by atoms with E-state index in [9.17, 15) is 0 Å². The molecule has 0 aliphatic heterocycles. The number of aromatic nitrogens is 1. The number of rotatable bonds is 4. The summed E-state index contributed by atoms with van der Waals surface area (Å²) in [5, 5.41) is 9.13. The molecule has 14 heavy (non-hydrogen) atoms. The Morgan fingerprint density at radius 3 is 2.36 bits per heavy atom. The van der Waals surface area contributed by atoms with Gasteiger partial charge in [0.1, 0.15) is 6.23 Å². The number of aliphatic hydroxyl groups excluding tert-OH is 1. The van der Waals surface area contributed by atoms with Gasteiger partial charge in [-0.15, -0.1) is 0 Å². The maximum atomic E-state index is 9.13. The third kappa shape index (κ3) is 2.49. The highest BCUT2D eigenvalue weighted by molar-refractivity contribution is 5.20. The first-order valence-corrected chi connectivity index (χ1v) is 4.13. The summed E-state index contributed by atoms with van der Waals surface area (Å²) >= 11 is 0. The van der Waals surface area contributed by atoms with E-state index in [0.717, 1.165) is 5.56 Å². The largest absolute Gasteiger partial charge is 0.374 e. The number of methoxy groups -OCH3 is 2. The lowest BCUT2D eigenvalue weighted by molar-refractivity contribution is -0.106. The smallest absolute Gasteiger partial charge is 0.184 e. The number of hydrogen-bond donors (Lipinski definition) is 2. The molecule has 0 radical (unpaired) electrons. The molecule has 1 unspecified atom stereocenters. The fourth-order valence-electron chi connectivity index (χ4n) is 1.14. The van der Waals surface area contributed by atoms with Gasteiger partial charge in [-0.1, -0.05) is 0 Å². The summed E-state index contributed by atoms with van der Waals surface area (Å²) in [6, 6.07) is 1.69. The number of aliphatic hydroxyl groups is 1. The molecule has 1 atom stereocenters. The Labute approximate surface area is 82.5 Å². The number of hydrogen-bond acceptors (Lipinski definition) is 5. The van der Waals surface area contributed by atoms with Crippen LogP contribution in [0.15, 0.2) is 18.5 Å². The van der Waals surface area contributed by atoms with Crippen molar-refractivity contribution in [1.82, 2.24) is 4.98 Å². The Morgan fingerprint density at radius 2 is 1.86 bits per heavy atom. The number of pyridine rings is 1. The van der Waals surface area contributed by atoms with Gasteiger partial charge >= 0.3 is 0 Å². The lowest BCUT2D eigenvalue weighted by atomic mass is 10.2. The van der Waals surface area contributed by atoms with Crippen LogP contribution in [0.3, 0.4) is 0 Å². The molecule has 1 aromatic heterocycles. The van der Waals surface area contributed by atoms with Gasteiger partial charge in [0.25, 0.3) is 0 Å². The molecule has 0 saturated carbocycles. The van der Waals surface area contributed by atoms with Gasteiger partial charge in [-0.25, -0.2) is 0 Å². The fraction of sp³-hybridized carbons (Fsp3) is 0.444. The van der Waals surface area contributed by atoms with E-state index in [1.54, 1.807) is 12.3 Å². The van der Waals surface area contributed by atoms with Crippen molar-refractivity contribution in [3.63, 3.8) is 0 Å². The number of nitrogens with zero attached hydrogens (tertiary/aromatic N) is 1. The van der Waals surface area contributed by atoms with E-state index in [1.807, 2.05) is 0 Å². The monoisotopic (exact) mass is 198 g/mol. The van der Waals surface area contributed by atoms with Crippen LogP contribution in [0.2, 0.25) is 0 Å². The molecule has 0 bridgehead atoms. The van der Waals surface area contributed by atoms with E-state index in [0.29, 0.717) is 5.56 Å². The predicted molar refractivity (Wildman–Crippen MR) is 50.1 cm³/mol. The van der Waals surface area contributed by atoms with E-state index in [-0.39, 0.29) is 0 Å². The Bertz CT molecular complexity index is 287. The topological polar surface area (TPSA) is 77.6 Å². The van der Waals surface area contributed by atoms with Gasteiger partial charge in [0.05, 0.1) is 0 Å². The minimum absolute atomic E-state index is 0.485. The standard InChI is InChI=1S/C9H14N2O3/c1-13-9(14-2)7-3-6(8(10)12)4-11-5-7/h3-5,8-9,12H,10H2,1-2H3. The molecule has 3 N–H and O–H groups in total. The molecule has 1 heterocycles. The average Bonchev–Trinajstić information content (AvgIpc) is 2.20. The zero-order valence-electron chi connectivity index (χ0n) is 8.18. The molecule has 78 valence electrons. The highest BCUT2D eigenvalue weighted by atomic mass is 16.7. The molecule has 0 aliphatic rings. The first-order valence-electron chi connectivity index (χ1n) is 4.13. The molecule has 1 rings (SSSR count). The summed E-state index contributed by atoms with van der Waals surface area (Å²) in [6.45, 7) is 0. The molecular weight excluding hydrogens is 184 g/mol. The summed E-state index contributed by atoms with van der Waals surface area (Å²) in [5.74, 6) is 0. The highest BCUT2D eigenvalue weighted by Crippen LogP contribution is 2.18. The van der Waals surface area contributed by atoms with Crippen LogP contribution in [0.1, 0.15) is 23.6 Å². The van der Waals surface area contributed by atoms with Crippen molar-refractivity contribution in [2.45, 2.75) is 12.5 Å². The van der Waals surface area contributed by atoms with Crippen molar-refractivity contribution in [1.29, 1.82) is 0 Å². The van der Waals surface area contributed by atoms with Crippen LogP contribution in [0, 0.1) is 0 Å². The van der Waals surface area contributed by atoms with Crippen LogP contribution in [-0.2, 0) is 9.47 Å². The quantitative estimate of drug-likeness (QED) is 0.681. The van der Waals surface area contributed by atoms with Crippen molar-refractivity contribution in [3.05, 3.63) is 29.6 Å². The van der Waals surface area contributed by atoms with Gasteiger partial charge in [-0.3, -0.25) is 4.98 Å². The van der Waals surface area contributed by atoms with Gasteiger partial charge in [0, 0.05) is 37.7 Å². The van der Waals surface area contributed by atoms with E-state index in [2.05, 4.69) is 4.98 Å². The Balaban J connectivity index is 2.92. The number of ether oxygens (including phenoxy) is 2. The second kappa shape index (κ2) is 5.02. The van der Waals surface area contributed by atoms with Crippen molar-refractivity contribution in [2.24, 2.45) is 5.73 Å². The summed E-state index contributed by atoms with van der Waals surface area (Å²) in [7, 11) is 3.05. The number of nitrogens with two attached hydrogens (primary N) is 1. The van der Waals surface area contributed by atoms with Crippen molar-refractivity contribution < 1.29 is 14.6 Å². The highest BCUT2D eigenvalue weighted by Gasteiger charge is 2.11. The first-order chi connectivity index (χ1) is 6.69. The molecule has 0 aromatic carbocycles. The van der Waals surface area contributed by atoms with Gasteiger partial charge in [-0.2, -0.15) is 0 Å².